The summed E-state index contributed by atoms with van der Waals surface area (Å²) in [5, 5.41) is 6.17. The zero-order valence-electron chi connectivity index (χ0n) is 13.4. The Morgan fingerprint density at radius 2 is 1.46 bits per heavy atom. The van der Waals surface area contributed by atoms with Gasteiger partial charge in [0.15, 0.2) is 0 Å². The molecule has 0 atom stereocenters. The van der Waals surface area contributed by atoms with Gasteiger partial charge in [-0.25, -0.2) is 14.4 Å². The second kappa shape index (κ2) is 6.95. The smallest absolute Gasteiger partial charge is 0.146 e. The van der Waals surface area contributed by atoms with E-state index in [0.717, 1.165) is 5.69 Å². The van der Waals surface area contributed by atoms with Crippen LogP contribution in [0.25, 0.3) is 0 Å². The van der Waals surface area contributed by atoms with Crippen LogP contribution in [0.1, 0.15) is 5.82 Å². The van der Waals surface area contributed by atoms with Crippen LogP contribution in [-0.4, -0.2) is 17.1 Å². The standard InChI is InChI=1S/C18H17FN4O/c1-12-20-17(22-14-8-4-3-7-13(14)19)11-18(21-12)23-15-9-5-6-10-16(15)24-2/h3-11H,1-2H3,(H2,20,21,22,23). The number of hydrogen-bond acceptors (Lipinski definition) is 5. The third kappa shape index (κ3) is 3.60. The van der Waals surface area contributed by atoms with Crippen molar-refractivity contribution >= 4 is 23.0 Å². The van der Waals surface area contributed by atoms with Gasteiger partial charge in [-0.3, -0.25) is 0 Å². The van der Waals surface area contributed by atoms with E-state index in [9.17, 15) is 4.39 Å². The van der Waals surface area contributed by atoms with Crippen molar-refractivity contribution in [1.29, 1.82) is 0 Å². The first-order valence-electron chi connectivity index (χ1n) is 7.43. The summed E-state index contributed by atoms with van der Waals surface area (Å²) >= 11 is 0. The van der Waals surface area contributed by atoms with Gasteiger partial charge in [0, 0.05) is 6.07 Å². The maximum Gasteiger partial charge on any atom is 0.146 e. The van der Waals surface area contributed by atoms with Gasteiger partial charge in [0.05, 0.1) is 18.5 Å². The molecule has 0 amide bonds. The molecule has 0 bridgehead atoms. The number of nitrogens with zero attached hydrogens (tertiary/aromatic N) is 2. The fourth-order valence-electron chi connectivity index (χ4n) is 2.28. The minimum absolute atomic E-state index is 0.340. The number of rotatable bonds is 5. The van der Waals surface area contributed by atoms with Gasteiger partial charge in [-0.1, -0.05) is 24.3 Å². The fourth-order valence-corrected chi connectivity index (χ4v) is 2.28. The van der Waals surface area contributed by atoms with Gasteiger partial charge >= 0.3 is 0 Å². The van der Waals surface area contributed by atoms with Crippen molar-refractivity contribution < 1.29 is 9.13 Å². The third-order valence-electron chi connectivity index (χ3n) is 3.34. The summed E-state index contributed by atoms with van der Waals surface area (Å²) in [4.78, 5) is 8.65. The molecule has 1 heterocycles. The number of benzene rings is 2. The molecule has 0 aliphatic carbocycles. The van der Waals surface area contributed by atoms with Crippen molar-refractivity contribution in [2.45, 2.75) is 6.92 Å². The molecular weight excluding hydrogens is 307 g/mol. The van der Waals surface area contributed by atoms with Crippen molar-refractivity contribution in [3.63, 3.8) is 0 Å². The first-order chi connectivity index (χ1) is 11.7. The van der Waals surface area contributed by atoms with E-state index in [1.165, 1.54) is 6.07 Å². The summed E-state index contributed by atoms with van der Waals surface area (Å²) in [5.74, 6) is 2.02. The van der Waals surface area contributed by atoms with E-state index < -0.39 is 0 Å². The lowest BCUT2D eigenvalue weighted by Crippen LogP contribution is -2.03. The van der Waals surface area contributed by atoms with Crippen LogP contribution in [0.3, 0.4) is 0 Å². The number of anilines is 4. The van der Waals surface area contributed by atoms with Gasteiger partial charge in [0.1, 0.15) is 29.0 Å². The Morgan fingerprint density at radius 1 is 0.875 bits per heavy atom. The van der Waals surface area contributed by atoms with Crippen LogP contribution < -0.4 is 15.4 Å². The average molecular weight is 324 g/mol. The van der Waals surface area contributed by atoms with Gasteiger partial charge in [0.25, 0.3) is 0 Å². The Labute approximate surface area is 139 Å². The largest absolute Gasteiger partial charge is 0.495 e. The molecule has 2 aromatic carbocycles. The van der Waals surface area contributed by atoms with Crippen molar-refractivity contribution in [1.82, 2.24) is 9.97 Å². The predicted octanol–water partition coefficient (Wildman–Crippen LogP) is 4.42. The number of aryl methyl sites for hydroxylation is 1. The molecule has 1 aromatic heterocycles. The lowest BCUT2D eigenvalue weighted by atomic mass is 10.3. The second-order valence-electron chi connectivity index (χ2n) is 5.12. The lowest BCUT2D eigenvalue weighted by molar-refractivity contribution is 0.417. The number of nitrogens with one attached hydrogen (secondary N) is 2. The summed E-state index contributed by atoms with van der Waals surface area (Å²) in [5.41, 5.74) is 1.15. The zero-order valence-corrected chi connectivity index (χ0v) is 13.4. The van der Waals surface area contributed by atoms with Crippen LogP contribution in [0.4, 0.5) is 27.4 Å². The zero-order chi connectivity index (χ0) is 16.9. The Hall–Kier alpha value is -3.15. The summed E-state index contributed by atoms with van der Waals surface area (Å²) < 4.78 is 19.1. The minimum Gasteiger partial charge on any atom is -0.495 e. The van der Waals surface area contributed by atoms with E-state index in [4.69, 9.17) is 4.74 Å². The highest BCUT2D eigenvalue weighted by Crippen LogP contribution is 2.27. The quantitative estimate of drug-likeness (QED) is 0.727. The van der Waals surface area contributed by atoms with Gasteiger partial charge in [-0.2, -0.15) is 0 Å². The topological polar surface area (TPSA) is 59.1 Å². The maximum atomic E-state index is 13.8. The number of hydrogen-bond donors (Lipinski definition) is 2. The summed E-state index contributed by atoms with van der Waals surface area (Å²) in [6.07, 6.45) is 0. The van der Waals surface area contributed by atoms with E-state index in [-0.39, 0.29) is 5.82 Å². The molecule has 2 N–H and O–H groups in total. The Balaban J connectivity index is 1.88. The molecule has 0 aliphatic heterocycles. The van der Waals surface area contributed by atoms with Crippen molar-refractivity contribution in [3.05, 3.63) is 66.2 Å². The molecule has 0 spiro atoms. The Morgan fingerprint density at radius 3 is 2.12 bits per heavy atom. The normalized spacial score (nSPS) is 10.3. The predicted molar refractivity (Wildman–Crippen MR) is 92.7 cm³/mol. The number of aromatic nitrogens is 2. The highest BCUT2D eigenvalue weighted by molar-refractivity contribution is 5.67. The Kier molecular flexibility index (Phi) is 4.56. The summed E-state index contributed by atoms with van der Waals surface area (Å²) in [7, 11) is 1.61. The maximum absolute atomic E-state index is 13.8. The first kappa shape index (κ1) is 15.7. The molecule has 6 heteroatoms. The summed E-state index contributed by atoms with van der Waals surface area (Å²) in [6.45, 7) is 1.78. The average Bonchev–Trinajstić information content (AvgIpc) is 2.57. The monoisotopic (exact) mass is 324 g/mol. The molecule has 0 fully saturated rings. The van der Waals surface area contributed by atoms with Gasteiger partial charge in [0.2, 0.25) is 0 Å². The molecule has 0 aliphatic rings. The van der Waals surface area contributed by atoms with E-state index in [0.29, 0.717) is 28.9 Å². The van der Waals surface area contributed by atoms with Crippen LogP contribution in [0.15, 0.2) is 54.6 Å². The van der Waals surface area contributed by atoms with Crippen LogP contribution in [-0.2, 0) is 0 Å². The number of halogens is 1. The SMILES string of the molecule is COc1ccccc1Nc1cc(Nc2ccccc2F)nc(C)n1. The summed E-state index contributed by atoms with van der Waals surface area (Å²) in [6, 6.07) is 15.7. The van der Waals surface area contributed by atoms with Crippen LogP contribution >= 0.6 is 0 Å². The third-order valence-corrected chi connectivity index (χ3v) is 3.34. The van der Waals surface area contributed by atoms with Crippen molar-refractivity contribution in [2.75, 3.05) is 17.7 Å². The fraction of sp³-hybridized carbons (Fsp3) is 0.111. The second-order valence-corrected chi connectivity index (χ2v) is 5.12. The van der Waals surface area contributed by atoms with Crippen molar-refractivity contribution in [2.24, 2.45) is 0 Å². The van der Waals surface area contributed by atoms with Crippen LogP contribution in [0, 0.1) is 12.7 Å². The number of para-hydroxylation sites is 3. The Bertz CT molecular complexity index is 854. The highest BCUT2D eigenvalue weighted by atomic mass is 19.1. The highest BCUT2D eigenvalue weighted by Gasteiger charge is 2.07. The molecule has 3 rings (SSSR count). The molecule has 5 nitrogen and oxygen atoms in total. The lowest BCUT2D eigenvalue weighted by Gasteiger charge is -2.12. The molecule has 24 heavy (non-hydrogen) atoms. The van der Waals surface area contributed by atoms with Gasteiger partial charge in [-0.15, -0.1) is 0 Å². The van der Waals surface area contributed by atoms with Crippen LogP contribution in [0.2, 0.25) is 0 Å². The number of ether oxygens (including phenoxy) is 1. The van der Waals surface area contributed by atoms with E-state index >= 15 is 0 Å². The van der Waals surface area contributed by atoms with E-state index in [1.54, 1.807) is 38.3 Å². The van der Waals surface area contributed by atoms with Crippen LogP contribution in [0.5, 0.6) is 5.75 Å². The van der Waals surface area contributed by atoms with Gasteiger partial charge < -0.3 is 15.4 Å². The van der Waals surface area contributed by atoms with E-state index in [1.807, 2.05) is 24.3 Å². The molecule has 0 saturated heterocycles. The number of methoxy groups -OCH3 is 1. The van der Waals surface area contributed by atoms with Gasteiger partial charge in [-0.05, 0) is 31.2 Å². The molecule has 122 valence electrons. The molecule has 0 radical (unpaired) electrons. The first-order valence-corrected chi connectivity index (χ1v) is 7.43. The molecular formula is C18H17FN4O. The van der Waals surface area contributed by atoms with Crippen molar-refractivity contribution in [3.8, 4) is 5.75 Å². The minimum atomic E-state index is -0.340. The molecule has 0 saturated carbocycles. The van der Waals surface area contributed by atoms with E-state index in [2.05, 4.69) is 20.6 Å². The molecule has 3 aromatic rings. The molecule has 0 unspecified atom stereocenters.